The van der Waals surface area contributed by atoms with Gasteiger partial charge in [-0.2, -0.15) is 0 Å². The monoisotopic (exact) mass is 479 g/mol. The number of hydrogen-bond donors (Lipinski definition) is 1. The fraction of sp³-hybridized carbons (Fsp3) is 0.300. The van der Waals surface area contributed by atoms with Gasteiger partial charge in [0.1, 0.15) is 13.2 Å². The molecule has 2 amide bonds. The summed E-state index contributed by atoms with van der Waals surface area (Å²) in [5, 5.41) is 2.53. The lowest BCUT2D eigenvalue weighted by atomic mass is 10.2. The molecule has 0 aliphatic carbocycles. The van der Waals surface area contributed by atoms with E-state index in [9.17, 15) is 9.59 Å². The van der Waals surface area contributed by atoms with Crippen molar-refractivity contribution in [1.29, 1.82) is 0 Å². The van der Waals surface area contributed by atoms with Gasteiger partial charge in [0.05, 0.1) is 0 Å². The molecule has 27 heavy (non-hydrogen) atoms. The first-order chi connectivity index (χ1) is 13.1. The van der Waals surface area contributed by atoms with E-state index in [-0.39, 0.29) is 19.1 Å². The average Bonchev–Trinajstić information content (AvgIpc) is 2.72. The molecule has 2 aromatic carbocycles. The summed E-state index contributed by atoms with van der Waals surface area (Å²) in [4.78, 5) is 28.1. The predicted octanol–water partition coefficient (Wildman–Crippen LogP) is 2.87. The largest absolute Gasteiger partial charge is 0.445 e. The second-order valence-electron chi connectivity index (χ2n) is 6.26. The highest BCUT2D eigenvalue weighted by Gasteiger charge is 2.21. The van der Waals surface area contributed by atoms with Crippen molar-refractivity contribution < 1.29 is 14.3 Å². The standard InChI is InChI=1S/C20H22IN3O3/c21-17-6-8-18(9-7-17)23-10-12-24(13-11-23)19(25)14-22-20(26)27-15-16-4-2-1-3-5-16/h1-9H,10-15H2,(H,22,26). The van der Waals surface area contributed by atoms with Gasteiger partial charge in [-0.15, -0.1) is 0 Å². The third kappa shape index (κ3) is 5.85. The average molecular weight is 479 g/mol. The van der Waals surface area contributed by atoms with E-state index in [4.69, 9.17) is 4.74 Å². The second kappa shape index (κ2) is 9.59. The van der Waals surface area contributed by atoms with Crippen LogP contribution in [0.5, 0.6) is 0 Å². The molecule has 142 valence electrons. The highest BCUT2D eigenvalue weighted by atomic mass is 127. The second-order valence-corrected chi connectivity index (χ2v) is 7.51. The minimum absolute atomic E-state index is 0.0445. The number of benzene rings is 2. The zero-order valence-corrected chi connectivity index (χ0v) is 17.1. The highest BCUT2D eigenvalue weighted by molar-refractivity contribution is 14.1. The molecule has 0 bridgehead atoms. The molecule has 0 spiro atoms. The van der Waals surface area contributed by atoms with Crippen LogP contribution >= 0.6 is 22.6 Å². The van der Waals surface area contributed by atoms with Crippen LogP contribution in [-0.2, 0) is 16.1 Å². The number of halogens is 1. The number of ether oxygens (including phenoxy) is 1. The van der Waals surface area contributed by atoms with Crippen molar-refractivity contribution >= 4 is 40.3 Å². The Kier molecular flexibility index (Phi) is 6.92. The van der Waals surface area contributed by atoms with Crippen LogP contribution in [0.4, 0.5) is 10.5 Å². The summed E-state index contributed by atoms with van der Waals surface area (Å²) in [5.41, 5.74) is 2.08. The number of carbonyl (C=O) groups excluding carboxylic acids is 2. The fourth-order valence-electron chi connectivity index (χ4n) is 2.90. The molecule has 0 atom stereocenters. The van der Waals surface area contributed by atoms with Crippen molar-refractivity contribution in [2.45, 2.75) is 6.61 Å². The van der Waals surface area contributed by atoms with Crippen molar-refractivity contribution in [1.82, 2.24) is 10.2 Å². The predicted molar refractivity (Wildman–Crippen MR) is 113 cm³/mol. The van der Waals surface area contributed by atoms with Gasteiger partial charge in [-0.25, -0.2) is 4.79 Å². The Labute approximate surface area is 172 Å². The molecule has 0 radical (unpaired) electrons. The number of carbonyl (C=O) groups is 2. The van der Waals surface area contributed by atoms with E-state index >= 15 is 0 Å². The van der Waals surface area contributed by atoms with E-state index in [0.29, 0.717) is 13.1 Å². The van der Waals surface area contributed by atoms with Gasteiger partial charge in [-0.1, -0.05) is 30.3 Å². The summed E-state index contributed by atoms with van der Waals surface area (Å²) in [7, 11) is 0. The van der Waals surface area contributed by atoms with Crippen LogP contribution in [0.15, 0.2) is 54.6 Å². The van der Waals surface area contributed by atoms with Crippen molar-refractivity contribution in [3.63, 3.8) is 0 Å². The van der Waals surface area contributed by atoms with Crippen LogP contribution in [0.1, 0.15) is 5.56 Å². The minimum Gasteiger partial charge on any atom is -0.445 e. The van der Waals surface area contributed by atoms with E-state index in [1.54, 1.807) is 4.90 Å². The van der Waals surface area contributed by atoms with Crippen molar-refractivity contribution in [3.8, 4) is 0 Å². The first-order valence-corrected chi connectivity index (χ1v) is 9.92. The van der Waals surface area contributed by atoms with Crippen LogP contribution in [0.25, 0.3) is 0 Å². The summed E-state index contributed by atoms with van der Waals surface area (Å²) in [6.07, 6.45) is -0.579. The number of rotatable bonds is 5. The zero-order valence-electron chi connectivity index (χ0n) is 14.9. The summed E-state index contributed by atoms with van der Waals surface area (Å²) in [5.74, 6) is -0.0890. The van der Waals surface area contributed by atoms with E-state index in [2.05, 4.69) is 57.1 Å². The molecule has 1 saturated heterocycles. The number of nitrogens with zero attached hydrogens (tertiary/aromatic N) is 2. The van der Waals surface area contributed by atoms with Crippen LogP contribution < -0.4 is 10.2 Å². The molecule has 6 nitrogen and oxygen atoms in total. The third-order valence-corrected chi connectivity index (χ3v) is 5.14. The number of anilines is 1. The van der Waals surface area contributed by atoms with E-state index in [0.717, 1.165) is 18.7 Å². The molecule has 3 rings (SSSR count). The van der Waals surface area contributed by atoms with E-state index in [1.165, 1.54) is 9.26 Å². The molecule has 1 aliphatic heterocycles. The maximum atomic E-state index is 12.3. The maximum absolute atomic E-state index is 12.3. The van der Waals surface area contributed by atoms with Crippen LogP contribution in [-0.4, -0.2) is 49.6 Å². The molecule has 7 heteroatoms. The Morgan fingerprint density at radius 2 is 1.63 bits per heavy atom. The fourth-order valence-corrected chi connectivity index (χ4v) is 3.26. The van der Waals surface area contributed by atoms with Gasteiger partial charge >= 0.3 is 6.09 Å². The van der Waals surface area contributed by atoms with Crippen molar-refractivity contribution in [2.24, 2.45) is 0 Å². The molecular weight excluding hydrogens is 457 g/mol. The summed E-state index contributed by atoms with van der Waals surface area (Å²) in [6.45, 7) is 3.00. The van der Waals surface area contributed by atoms with Gasteiger partial charge < -0.3 is 19.9 Å². The number of nitrogens with one attached hydrogen (secondary N) is 1. The number of hydrogen-bond acceptors (Lipinski definition) is 4. The lowest BCUT2D eigenvalue weighted by Gasteiger charge is -2.36. The van der Waals surface area contributed by atoms with Gasteiger partial charge in [-0.3, -0.25) is 4.79 Å². The molecule has 2 aromatic rings. The first-order valence-electron chi connectivity index (χ1n) is 8.84. The van der Waals surface area contributed by atoms with E-state index < -0.39 is 6.09 Å². The van der Waals surface area contributed by atoms with Gasteiger partial charge in [0.2, 0.25) is 5.91 Å². The number of alkyl carbamates (subject to hydrolysis) is 1. The van der Waals surface area contributed by atoms with Crippen LogP contribution in [0, 0.1) is 3.57 Å². The third-order valence-electron chi connectivity index (χ3n) is 4.42. The molecule has 0 saturated carbocycles. The molecule has 0 unspecified atom stereocenters. The summed E-state index contributed by atoms with van der Waals surface area (Å²) in [6, 6.07) is 17.8. The topological polar surface area (TPSA) is 61.9 Å². The molecule has 1 aliphatic rings. The lowest BCUT2D eigenvalue weighted by Crippen LogP contribution is -2.51. The Morgan fingerprint density at radius 3 is 2.30 bits per heavy atom. The zero-order chi connectivity index (χ0) is 19.1. The summed E-state index contributed by atoms with van der Waals surface area (Å²) >= 11 is 2.29. The quantitative estimate of drug-likeness (QED) is 0.671. The van der Waals surface area contributed by atoms with Gasteiger partial charge in [0.15, 0.2) is 0 Å². The molecule has 1 fully saturated rings. The molecule has 1 heterocycles. The van der Waals surface area contributed by atoms with Crippen LogP contribution in [0.2, 0.25) is 0 Å². The minimum atomic E-state index is -0.579. The lowest BCUT2D eigenvalue weighted by molar-refractivity contribution is -0.130. The van der Waals surface area contributed by atoms with Gasteiger partial charge in [0, 0.05) is 35.4 Å². The first kappa shape index (κ1) is 19.5. The Bertz CT molecular complexity index is 760. The number of piperazine rings is 1. The van der Waals surface area contributed by atoms with Crippen molar-refractivity contribution in [3.05, 3.63) is 63.7 Å². The Balaban J connectivity index is 1.38. The smallest absolute Gasteiger partial charge is 0.407 e. The molecular formula is C20H22IN3O3. The van der Waals surface area contributed by atoms with E-state index in [1.807, 2.05) is 30.3 Å². The maximum Gasteiger partial charge on any atom is 0.407 e. The van der Waals surface area contributed by atoms with Gasteiger partial charge in [-0.05, 0) is 52.4 Å². The molecule has 0 aromatic heterocycles. The highest BCUT2D eigenvalue weighted by Crippen LogP contribution is 2.18. The van der Waals surface area contributed by atoms with Gasteiger partial charge in [0.25, 0.3) is 0 Å². The SMILES string of the molecule is O=C(NCC(=O)N1CCN(c2ccc(I)cc2)CC1)OCc1ccccc1. The van der Waals surface area contributed by atoms with Crippen LogP contribution in [0.3, 0.4) is 0 Å². The Morgan fingerprint density at radius 1 is 0.963 bits per heavy atom. The Hall–Kier alpha value is -2.29. The molecule has 1 N–H and O–H groups in total. The number of amides is 2. The van der Waals surface area contributed by atoms with Crippen molar-refractivity contribution in [2.75, 3.05) is 37.6 Å². The normalized spacial score (nSPS) is 14.0. The summed E-state index contributed by atoms with van der Waals surface area (Å²) < 4.78 is 6.32.